The summed E-state index contributed by atoms with van der Waals surface area (Å²) in [6.07, 6.45) is 2.18. The molecule has 6 nitrogen and oxygen atoms in total. The molecule has 0 saturated carbocycles. The van der Waals surface area contributed by atoms with Crippen molar-refractivity contribution < 1.29 is 9.53 Å². The number of carbonyl (C=O) groups excluding carboxylic acids is 1. The summed E-state index contributed by atoms with van der Waals surface area (Å²) < 4.78 is 5.29. The van der Waals surface area contributed by atoms with E-state index in [1.54, 1.807) is 7.11 Å². The van der Waals surface area contributed by atoms with Crippen LogP contribution in [0.15, 0.2) is 18.2 Å². The summed E-state index contributed by atoms with van der Waals surface area (Å²) in [7, 11) is 5.58. The number of hydrogen-bond acceptors (Lipinski definition) is 5. The highest BCUT2D eigenvalue weighted by Gasteiger charge is 2.17. The van der Waals surface area contributed by atoms with Gasteiger partial charge in [0.2, 0.25) is 5.91 Å². The molecule has 6 heteroatoms. The van der Waals surface area contributed by atoms with Gasteiger partial charge in [0.25, 0.3) is 0 Å². The fraction of sp³-hybridized carbons (Fsp3) is 0.562. The summed E-state index contributed by atoms with van der Waals surface area (Å²) in [5.41, 5.74) is 1.64. The van der Waals surface area contributed by atoms with E-state index in [4.69, 9.17) is 4.74 Å². The van der Waals surface area contributed by atoms with Gasteiger partial charge in [-0.25, -0.2) is 0 Å². The number of piperidine rings is 1. The third-order valence-corrected chi connectivity index (χ3v) is 4.02. The maximum Gasteiger partial charge on any atom is 0.238 e. The standard InChI is InChI=1S/C16H26N4O2/c1-17-14-5-4-13(10-15(14)22-3)19-16(21)11-18-12-6-8-20(2)9-7-12/h4-5,10,12,17-18H,6-9,11H2,1-3H3,(H,19,21). The maximum absolute atomic E-state index is 12.0. The average Bonchev–Trinajstić information content (AvgIpc) is 2.54. The van der Waals surface area contributed by atoms with Gasteiger partial charge < -0.3 is 25.6 Å². The van der Waals surface area contributed by atoms with E-state index in [0.29, 0.717) is 18.3 Å². The Labute approximate surface area is 132 Å². The first kappa shape index (κ1) is 16.6. The molecule has 1 aliphatic rings. The van der Waals surface area contributed by atoms with Crippen molar-refractivity contribution in [2.75, 3.05) is 51.5 Å². The summed E-state index contributed by atoms with van der Waals surface area (Å²) >= 11 is 0. The normalized spacial score (nSPS) is 16.3. The van der Waals surface area contributed by atoms with Gasteiger partial charge in [-0.05, 0) is 45.1 Å². The number of ether oxygens (including phenoxy) is 1. The Bertz CT molecular complexity index is 499. The molecular formula is C16H26N4O2. The summed E-state index contributed by atoms with van der Waals surface area (Å²) in [6.45, 7) is 2.51. The molecule has 0 aliphatic carbocycles. The van der Waals surface area contributed by atoms with Gasteiger partial charge in [-0.2, -0.15) is 0 Å². The van der Waals surface area contributed by atoms with Crippen molar-refractivity contribution in [3.8, 4) is 5.75 Å². The van der Waals surface area contributed by atoms with Gasteiger partial charge in [-0.3, -0.25) is 4.79 Å². The Balaban J connectivity index is 1.81. The highest BCUT2D eigenvalue weighted by Crippen LogP contribution is 2.27. The smallest absolute Gasteiger partial charge is 0.238 e. The molecule has 1 aromatic rings. The first-order valence-electron chi connectivity index (χ1n) is 7.70. The highest BCUT2D eigenvalue weighted by atomic mass is 16.5. The van der Waals surface area contributed by atoms with E-state index < -0.39 is 0 Å². The van der Waals surface area contributed by atoms with Gasteiger partial charge in [0, 0.05) is 24.8 Å². The molecule has 0 aromatic heterocycles. The third-order valence-electron chi connectivity index (χ3n) is 4.02. The van der Waals surface area contributed by atoms with Gasteiger partial charge in [-0.1, -0.05) is 0 Å². The van der Waals surface area contributed by atoms with Gasteiger partial charge in [-0.15, -0.1) is 0 Å². The molecule has 0 bridgehead atoms. The molecule has 1 fully saturated rings. The quantitative estimate of drug-likeness (QED) is 0.740. The molecule has 1 aliphatic heterocycles. The van der Waals surface area contributed by atoms with Gasteiger partial charge >= 0.3 is 0 Å². The van der Waals surface area contributed by atoms with E-state index in [9.17, 15) is 4.79 Å². The zero-order valence-corrected chi connectivity index (χ0v) is 13.6. The van der Waals surface area contributed by atoms with Gasteiger partial charge in [0.05, 0.1) is 19.3 Å². The molecule has 0 unspecified atom stereocenters. The van der Waals surface area contributed by atoms with Gasteiger partial charge in [0.15, 0.2) is 0 Å². The minimum Gasteiger partial charge on any atom is -0.495 e. The first-order chi connectivity index (χ1) is 10.6. The number of anilines is 2. The van der Waals surface area contributed by atoms with E-state index in [0.717, 1.165) is 37.3 Å². The third kappa shape index (κ3) is 4.61. The van der Waals surface area contributed by atoms with Gasteiger partial charge in [0.1, 0.15) is 5.75 Å². The summed E-state index contributed by atoms with van der Waals surface area (Å²) in [5, 5.41) is 9.27. The lowest BCUT2D eigenvalue weighted by Gasteiger charge is -2.29. The Kier molecular flexibility index (Phi) is 6.03. The van der Waals surface area contributed by atoms with E-state index in [2.05, 4.69) is 27.9 Å². The summed E-state index contributed by atoms with van der Waals surface area (Å²) in [4.78, 5) is 14.3. The van der Waals surface area contributed by atoms with Crippen LogP contribution in [0.2, 0.25) is 0 Å². The molecule has 3 N–H and O–H groups in total. The van der Waals surface area contributed by atoms with Crippen molar-refractivity contribution >= 4 is 17.3 Å². The molecule has 1 amide bonds. The van der Waals surface area contributed by atoms with Crippen LogP contribution in [-0.2, 0) is 4.79 Å². The molecule has 1 heterocycles. The van der Waals surface area contributed by atoms with Crippen molar-refractivity contribution in [3.63, 3.8) is 0 Å². The second kappa shape index (κ2) is 8.00. The molecule has 1 aromatic carbocycles. The fourth-order valence-corrected chi connectivity index (χ4v) is 2.63. The molecule has 2 rings (SSSR count). The lowest BCUT2D eigenvalue weighted by atomic mass is 10.1. The van der Waals surface area contributed by atoms with Crippen LogP contribution in [0.25, 0.3) is 0 Å². The van der Waals surface area contributed by atoms with E-state index >= 15 is 0 Å². The Morgan fingerprint density at radius 2 is 2.09 bits per heavy atom. The van der Waals surface area contributed by atoms with Crippen LogP contribution in [-0.4, -0.2) is 57.7 Å². The Hall–Kier alpha value is -1.79. The molecule has 0 radical (unpaired) electrons. The van der Waals surface area contributed by atoms with Crippen LogP contribution in [0, 0.1) is 0 Å². The maximum atomic E-state index is 12.0. The predicted octanol–water partition coefficient (Wildman–Crippen LogP) is 1.36. The first-order valence-corrected chi connectivity index (χ1v) is 7.70. The predicted molar refractivity (Wildman–Crippen MR) is 89.7 cm³/mol. The van der Waals surface area contributed by atoms with Crippen LogP contribution >= 0.6 is 0 Å². The summed E-state index contributed by atoms with van der Waals surface area (Å²) in [6, 6.07) is 6.00. The second-order valence-corrected chi connectivity index (χ2v) is 5.67. The molecular weight excluding hydrogens is 280 g/mol. The topological polar surface area (TPSA) is 65.6 Å². The van der Waals surface area contributed by atoms with Crippen LogP contribution in [0.3, 0.4) is 0 Å². The van der Waals surface area contributed by atoms with E-state index in [1.165, 1.54) is 0 Å². The minimum absolute atomic E-state index is 0.0295. The number of likely N-dealkylation sites (tertiary alicyclic amines) is 1. The van der Waals surface area contributed by atoms with Crippen LogP contribution in [0.5, 0.6) is 5.75 Å². The van der Waals surface area contributed by atoms with Crippen molar-refractivity contribution in [3.05, 3.63) is 18.2 Å². The number of nitrogens with zero attached hydrogens (tertiary/aromatic N) is 1. The lowest BCUT2D eigenvalue weighted by molar-refractivity contribution is -0.115. The van der Waals surface area contributed by atoms with Crippen LogP contribution in [0.1, 0.15) is 12.8 Å². The van der Waals surface area contributed by atoms with Crippen molar-refractivity contribution in [2.24, 2.45) is 0 Å². The fourth-order valence-electron chi connectivity index (χ4n) is 2.63. The number of methoxy groups -OCH3 is 1. The molecule has 122 valence electrons. The van der Waals surface area contributed by atoms with Crippen LogP contribution < -0.4 is 20.7 Å². The average molecular weight is 306 g/mol. The zero-order chi connectivity index (χ0) is 15.9. The SMILES string of the molecule is CNc1ccc(NC(=O)CNC2CCN(C)CC2)cc1OC. The monoisotopic (exact) mass is 306 g/mol. The lowest BCUT2D eigenvalue weighted by Crippen LogP contribution is -2.43. The zero-order valence-electron chi connectivity index (χ0n) is 13.6. The minimum atomic E-state index is -0.0295. The molecule has 0 atom stereocenters. The molecule has 1 saturated heterocycles. The van der Waals surface area contributed by atoms with Crippen molar-refractivity contribution in [1.29, 1.82) is 0 Å². The summed E-state index contributed by atoms with van der Waals surface area (Å²) in [5.74, 6) is 0.682. The number of amides is 1. The highest BCUT2D eigenvalue weighted by molar-refractivity contribution is 5.92. The van der Waals surface area contributed by atoms with Crippen molar-refractivity contribution in [1.82, 2.24) is 10.2 Å². The second-order valence-electron chi connectivity index (χ2n) is 5.67. The Morgan fingerprint density at radius 1 is 1.36 bits per heavy atom. The number of rotatable bonds is 6. The van der Waals surface area contributed by atoms with Crippen molar-refractivity contribution in [2.45, 2.75) is 18.9 Å². The molecule has 0 spiro atoms. The number of nitrogens with one attached hydrogen (secondary N) is 3. The van der Waals surface area contributed by atoms with Crippen LogP contribution in [0.4, 0.5) is 11.4 Å². The van der Waals surface area contributed by atoms with E-state index in [-0.39, 0.29) is 5.91 Å². The largest absolute Gasteiger partial charge is 0.495 e. The Morgan fingerprint density at radius 3 is 2.73 bits per heavy atom. The molecule has 22 heavy (non-hydrogen) atoms. The van der Waals surface area contributed by atoms with E-state index in [1.807, 2.05) is 25.2 Å². The number of carbonyl (C=O) groups is 1. The number of hydrogen-bond donors (Lipinski definition) is 3. The number of benzene rings is 1.